The van der Waals surface area contributed by atoms with Crippen LogP contribution in [-0.4, -0.2) is 44.5 Å². The molecule has 0 bridgehead atoms. The van der Waals surface area contributed by atoms with Crippen molar-refractivity contribution in [1.82, 2.24) is 25.4 Å². The summed E-state index contributed by atoms with van der Waals surface area (Å²) in [5.41, 5.74) is 0. The normalized spacial score (nSPS) is 21.6. The van der Waals surface area contributed by atoms with Crippen LogP contribution >= 0.6 is 0 Å². The van der Waals surface area contributed by atoms with E-state index in [0.717, 1.165) is 5.82 Å². The van der Waals surface area contributed by atoms with E-state index >= 15 is 0 Å². The highest BCUT2D eigenvalue weighted by atomic mass is 16.4. The number of amides is 2. The summed E-state index contributed by atoms with van der Waals surface area (Å²) >= 11 is 0. The molecule has 1 aliphatic rings. The van der Waals surface area contributed by atoms with E-state index in [4.69, 9.17) is 5.11 Å². The number of aryl methyl sites for hydroxylation is 1. The summed E-state index contributed by atoms with van der Waals surface area (Å²) < 4.78 is 1.80. The standard InChI is InChI=1S/C12H19N5O3/c1-17-7-14-16-10(17)4-5-13-12(20)15-9-3-2-8(6-9)11(18)19/h7-9H,2-6H2,1H3,(H,18,19)(H2,13,15,20). The zero-order valence-corrected chi connectivity index (χ0v) is 11.4. The van der Waals surface area contributed by atoms with E-state index in [1.807, 2.05) is 7.05 Å². The Labute approximate surface area is 116 Å². The van der Waals surface area contributed by atoms with E-state index in [1.165, 1.54) is 0 Å². The number of nitrogens with one attached hydrogen (secondary N) is 2. The summed E-state index contributed by atoms with van der Waals surface area (Å²) in [7, 11) is 1.85. The third-order valence-corrected chi connectivity index (χ3v) is 3.56. The number of carbonyl (C=O) groups is 2. The van der Waals surface area contributed by atoms with Crippen LogP contribution in [0.15, 0.2) is 6.33 Å². The molecule has 2 unspecified atom stereocenters. The second-order valence-electron chi connectivity index (χ2n) is 5.05. The minimum Gasteiger partial charge on any atom is -0.481 e. The van der Waals surface area contributed by atoms with Crippen LogP contribution in [0.2, 0.25) is 0 Å². The van der Waals surface area contributed by atoms with Crippen LogP contribution in [0.3, 0.4) is 0 Å². The molecule has 8 nitrogen and oxygen atoms in total. The van der Waals surface area contributed by atoms with E-state index in [-0.39, 0.29) is 18.0 Å². The van der Waals surface area contributed by atoms with Crippen LogP contribution in [0.25, 0.3) is 0 Å². The number of aromatic nitrogens is 3. The topological polar surface area (TPSA) is 109 Å². The molecule has 1 aromatic rings. The highest BCUT2D eigenvalue weighted by molar-refractivity contribution is 5.75. The van der Waals surface area contributed by atoms with Crippen molar-refractivity contribution in [3.05, 3.63) is 12.2 Å². The molecule has 0 saturated heterocycles. The maximum absolute atomic E-state index is 11.7. The smallest absolute Gasteiger partial charge is 0.315 e. The lowest BCUT2D eigenvalue weighted by atomic mass is 10.1. The maximum atomic E-state index is 11.7. The fraction of sp³-hybridized carbons (Fsp3) is 0.667. The molecular formula is C12H19N5O3. The number of carboxylic acids is 1. The Balaban J connectivity index is 1.66. The van der Waals surface area contributed by atoms with Crippen molar-refractivity contribution in [3.8, 4) is 0 Å². The van der Waals surface area contributed by atoms with Gasteiger partial charge in [-0.25, -0.2) is 4.79 Å². The molecule has 3 N–H and O–H groups in total. The summed E-state index contributed by atoms with van der Waals surface area (Å²) in [5, 5.41) is 22.1. The molecule has 1 aliphatic carbocycles. The Hall–Kier alpha value is -2.12. The van der Waals surface area contributed by atoms with Crippen LogP contribution in [0.1, 0.15) is 25.1 Å². The largest absolute Gasteiger partial charge is 0.481 e. The number of hydrogen-bond acceptors (Lipinski definition) is 4. The first-order valence-corrected chi connectivity index (χ1v) is 6.66. The predicted molar refractivity (Wildman–Crippen MR) is 70.0 cm³/mol. The molecule has 0 spiro atoms. The lowest BCUT2D eigenvalue weighted by Gasteiger charge is -2.13. The Bertz CT molecular complexity index is 487. The lowest BCUT2D eigenvalue weighted by Crippen LogP contribution is -2.42. The second kappa shape index (κ2) is 6.36. The molecule has 20 heavy (non-hydrogen) atoms. The molecule has 0 aliphatic heterocycles. The summed E-state index contributed by atoms with van der Waals surface area (Å²) in [6, 6.07) is -0.311. The first-order chi connectivity index (χ1) is 9.56. The monoisotopic (exact) mass is 281 g/mol. The number of carboxylic acid groups (broad SMARTS) is 1. The number of carbonyl (C=O) groups excluding carboxylic acids is 1. The highest BCUT2D eigenvalue weighted by Gasteiger charge is 2.30. The van der Waals surface area contributed by atoms with Crippen LogP contribution < -0.4 is 10.6 Å². The molecule has 0 aromatic carbocycles. The van der Waals surface area contributed by atoms with E-state index in [9.17, 15) is 9.59 Å². The zero-order chi connectivity index (χ0) is 14.5. The van der Waals surface area contributed by atoms with Crippen molar-refractivity contribution in [1.29, 1.82) is 0 Å². The van der Waals surface area contributed by atoms with Crippen molar-refractivity contribution >= 4 is 12.0 Å². The van der Waals surface area contributed by atoms with Gasteiger partial charge >= 0.3 is 12.0 Å². The van der Waals surface area contributed by atoms with E-state index in [0.29, 0.717) is 32.2 Å². The van der Waals surface area contributed by atoms with Gasteiger partial charge in [-0.3, -0.25) is 4.79 Å². The van der Waals surface area contributed by atoms with E-state index in [2.05, 4.69) is 20.8 Å². The number of rotatable bonds is 5. The minimum absolute atomic E-state index is 0.0501. The Morgan fingerprint density at radius 3 is 2.90 bits per heavy atom. The molecule has 2 atom stereocenters. The number of hydrogen-bond donors (Lipinski definition) is 3. The average Bonchev–Trinajstić information content (AvgIpc) is 2.99. The molecule has 2 rings (SSSR count). The lowest BCUT2D eigenvalue weighted by molar-refractivity contribution is -0.141. The summed E-state index contributed by atoms with van der Waals surface area (Å²) in [5.74, 6) is -0.312. The van der Waals surface area contributed by atoms with Crippen molar-refractivity contribution in [2.75, 3.05) is 6.54 Å². The van der Waals surface area contributed by atoms with Gasteiger partial charge in [0, 0.05) is 26.1 Å². The van der Waals surface area contributed by atoms with Gasteiger partial charge in [0.25, 0.3) is 0 Å². The minimum atomic E-state index is -0.781. The molecule has 110 valence electrons. The SMILES string of the molecule is Cn1cnnc1CCNC(=O)NC1CCC(C(=O)O)C1. The number of urea groups is 1. The summed E-state index contributed by atoms with van der Waals surface area (Å²) in [6.07, 6.45) is 4.06. The predicted octanol–water partition coefficient (Wildman–Crippen LogP) is -0.0899. The van der Waals surface area contributed by atoms with Crippen molar-refractivity contribution in [2.24, 2.45) is 13.0 Å². The van der Waals surface area contributed by atoms with Crippen molar-refractivity contribution in [2.45, 2.75) is 31.7 Å². The van der Waals surface area contributed by atoms with Crippen LogP contribution in [0, 0.1) is 5.92 Å². The average molecular weight is 281 g/mol. The van der Waals surface area contributed by atoms with Crippen LogP contribution in [-0.2, 0) is 18.3 Å². The molecule has 1 aromatic heterocycles. The van der Waals surface area contributed by atoms with Crippen molar-refractivity contribution in [3.63, 3.8) is 0 Å². The molecule has 0 radical (unpaired) electrons. The Morgan fingerprint density at radius 1 is 1.50 bits per heavy atom. The van der Waals surface area contributed by atoms with Gasteiger partial charge in [0.15, 0.2) is 0 Å². The van der Waals surface area contributed by atoms with Gasteiger partial charge in [-0.1, -0.05) is 0 Å². The fourth-order valence-corrected chi connectivity index (χ4v) is 2.39. The Kier molecular flexibility index (Phi) is 4.54. The van der Waals surface area contributed by atoms with Gasteiger partial charge in [0.2, 0.25) is 0 Å². The van der Waals surface area contributed by atoms with Crippen LogP contribution in [0.5, 0.6) is 0 Å². The van der Waals surface area contributed by atoms with E-state index < -0.39 is 5.97 Å². The van der Waals surface area contributed by atoms with Gasteiger partial charge in [-0.15, -0.1) is 10.2 Å². The van der Waals surface area contributed by atoms with Gasteiger partial charge < -0.3 is 20.3 Å². The summed E-state index contributed by atoms with van der Waals surface area (Å²) in [4.78, 5) is 22.5. The molecule has 1 saturated carbocycles. The third-order valence-electron chi connectivity index (χ3n) is 3.56. The maximum Gasteiger partial charge on any atom is 0.315 e. The second-order valence-corrected chi connectivity index (χ2v) is 5.05. The third kappa shape index (κ3) is 3.69. The van der Waals surface area contributed by atoms with Gasteiger partial charge in [0.05, 0.1) is 5.92 Å². The summed E-state index contributed by atoms with van der Waals surface area (Å²) in [6.45, 7) is 0.466. The molecular weight excluding hydrogens is 262 g/mol. The molecule has 1 heterocycles. The number of aliphatic carboxylic acids is 1. The first-order valence-electron chi connectivity index (χ1n) is 6.66. The van der Waals surface area contributed by atoms with Crippen molar-refractivity contribution < 1.29 is 14.7 Å². The van der Waals surface area contributed by atoms with E-state index in [1.54, 1.807) is 10.9 Å². The molecule has 8 heteroatoms. The quantitative estimate of drug-likeness (QED) is 0.699. The zero-order valence-electron chi connectivity index (χ0n) is 11.4. The van der Waals surface area contributed by atoms with Gasteiger partial charge in [-0.05, 0) is 19.3 Å². The van der Waals surface area contributed by atoms with Gasteiger partial charge in [0.1, 0.15) is 12.2 Å². The highest BCUT2D eigenvalue weighted by Crippen LogP contribution is 2.25. The van der Waals surface area contributed by atoms with Crippen LogP contribution in [0.4, 0.5) is 4.79 Å². The Morgan fingerprint density at radius 2 is 2.30 bits per heavy atom. The number of nitrogens with zero attached hydrogens (tertiary/aromatic N) is 3. The van der Waals surface area contributed by atoms with Gasteiger partial charge in [-0.2, -0.15) is 0 Å². The molecule has 1 fully saturated rings. The first kappa shape index (κ1) is 14.3. The fourth-order valence-electron chi connectivity index (χ4n) is 2.39. The molecule has 2 amide bonds.